The van der Waals surface area contributed by atoms with Gasteiger partial charge >= 0.3 is 0 Å². The van der Waals surface area contributed by atoms with Gasteiger partial charge in [-0.3, -0.25) is 14.7 Å². The summed E-state index contributed by atoms with van der Waals surface area (Å²) in [4.78, 5) is 18.2. The molecule has 0 unspecified atom stereocenters. The standard InChI is InChI=1S/C19H21FN4O/c20-17-6-4-16(5-7-17)14-24-11-8-15(9-12-24)13-22-23-19(25)18-3-1-2-10-21-18/h1-7,10,13,15H,8-9,11-12,14H2,(H,23,25)/b22-13+. The Hall–Kier alpha value is -2.60. The maximum atomic E-state index is 12.9. The Morgan fingerprint density at radius 2 is 2.00 bits per heavy atom. The van der Waals surface area contributed by atoms with Crippen LogP contribution in [0.25, 0.3) is 0 Å². The molecule has 3 rings (SSSR count). The molecule has 5 nitrogen and oxygen atoms in total. The molecule has 0 aliphatic carbocycles. The number of likely N-dealkylation sites (tertiary alicyclic amines) is 1. The number of hydrogen-bond donors (Lipinski definition) is 1. The summed E-state index contributed by atoms with van der Waals surface area (Å²) in [5.41, 5.74) is 4.00. The summed E-state index contributed by atoms with van der Waals surface area (Å²) >= 11 is 0. The third-order valence-electron chi connectivity index (χ3n) is 4.30. The van der Waals surface area contributed by atoms with Gasteiger partial charge in [-0.25, -0.2) is 9.82 Å². The van der Waals surface area contributed by atoms with Gasteiger partial charge in [0.1, 0.15) is 11.5 Å². The average Bonchev–Trinajstić information content (AvgIpc) is 2.66. The second-order valence-corrected chi connectivity index (χ2v) is 6.17. The van der Waals surface area contributed by atoms with Crippen molar-refractivity contribution in [2.45, 2.75) is 19.4 Å². The van der Waals surface area contributed by atoms with E-state index >= 15 is 0 Å². The predicted molar refractivity (Wildman–Crippen MR) is 94.6 cm³/mol. The van der Waals surface area contributed by atoms with Gasteiger partial charge in [0.15, 0.2) is 0 Å². The molecule has 1 aliphatic heterocycles. The minimum absolute atomic E-state index is 0.202. The number of nitrogens with one attached hydrogen (secondary N) is 1. The summed E-state index contributed by atoms with van der Waals surface area (Å²) in [6.45, 7) is 2.76. The molecule has 1 aromatic heterocycles. The van der Waals surface area contributed by atoms with Crippen molar-refractivity contribution in [3.63, 3.8) is 0 Å². The Balaban J connectivity index is 1.41. The summed E-state index contributed by atoms with van der Waals surface area (Å²) < 4.78 is 12.9. The molecule has 0 saturated carbocycles. The normalized spacial score (nSPS) is 16.2. The molecule has 130 valence electrons. The van der Waals surface area contributed by atoms with Crippen LogP contribution in [0.2, 0.25) is 0 Å². The molecule has 1 aliphatic rings. The van der Waals surface area contributed by atoms with Crippen LogP contribution >= 0.6 is 0 Å². The van der Waals surface area contributed by atoms with E-state index in [-0.39, 0.29) is 11.7 Å². The van der Waals surface area contributed by atoms with Gasteiger partial charge in [0.2, 0.25) is 0 Å². The molecule has 1 amide bonds. The minimum atomic E-state index is -0.300. The number of piperidine rings is 1. The van der Waals surface area contributed by atoms with Crippen LogP contribution in [0.1, 0.15) is 28.9 Å². The van der Waals surface area contributed by atoms with Gasteiger partial charge < -0.3 is 0 Å². The molecule has 1 fully saturated rings. The number of aromatic nitrogens is 1. The summed E-state index contributed by atoms with van der Waals surface area (Å²) in [5.74, 6) is -0.148. The fraction of sp³-hybridized carbons (Fsp3) is 0.316. The van der Waals surface area contributed by atoms with Crippen molar-refractivity contribution in [2.75, 3.05) is 13.1 Å². The Morgan fingerprint density at radius 1 is 1.24 bits per heavy atom. The minimum Gasteiger partial charge on any atom is -0.299 e. The van der Waals surface area contributed by atoms with E-state index in [0.29, 0.717) is 11.6 Å². The zero-order chi connectivity index (χ0) is 17.5. The average molecular weight is 340 g/mol. The van der Waals surface area contributed by atoms with E-state index in [0.717, 1.165) is 38.0 Å². The first-order chi connectivity index (χ1) is 12.2. The quantitative estimate of drug-likeness (QED) is 0.673. The van der Waals surface area contributed by atoms with Crippen LogP contribution < -0.4 is 5.43 Å². The molecule has 1 aromatic carbocycles. The molecule has 6 heteroatoms. The molecule has 2 aromatic rings. The lowest BCUT2D eigenvalue weighted by Crippen LogP contribution is -2.34. The second kappa shape index (κ2) is 8.48. The second-order valence-electron chi connectivity index (χ2n) is 6.17. The van der Waals surface area contributed by atoms with Crippen molar-refractivity contribution in [1.29, 1.82) is 0 Å². The number of nitrogens with zero attached hydrogens (tertiary/aromatic N) is 3. The topological polar surface area (TPSA) is 57.6 Å². The van der Waals surface area contributed by atoms with Gasteiger partial charge in [0.25, 0.3) is 5.91 Å². The molecule has 2 heterocycles. The van der Waals surface area contributed by atoms with Crippen molar-refractivity contribution in [2.24, 2.45) is 11.0 Å². The largest absolute Gasteiger partial charge is 0.299 e. The number of carbonyl (C=O) groups is 1. The summed E-state index contributed by atoms with van der Waals surface area (Å²) in [6, 6.07) is 11.8. The van der Waals surface area contributed by atoms with Crippen molar-refractivity contribution in [3.8, 4) is 0 Å². The molecular formula is C19H21FN4O. The zero-order valence-corrected chi connectivity index (χ0v) is 13.9. The fourth-order valence-corrected chi connectivity index (χ4v) is 2.86. The summed E-state index contributed by atoms with van der Waals surface area (Å²) in [5, 5.41) is 4.07. The Bertz CT molecular complexity index is 710. The Labute approximate surface area is 146 Å². The number of hydrogen-bond acceptors (Lipinski definition) is 4. The molecule has 0 spiro atoms. The summed E-state index contributed by atoms with van der Waals surface area (Å²) in [6.07, 6.45) is 5.37. The smallest absolute Gasteiger partial charge is 0.289 e. The van der Waals surface area contributed by atoms with Gasteiger partial charge in [-0.05, 0) is 61.7 Å². The van der Waals surface area contributed by atoms with Gasteiger partial charge in [0, 0.05) is 19.0 Å². The van der Waals surface area contributed by atoms with Gasteiger partial charge in [-0.15, -0.1) is 0 Å². The van der Waals surface area contributed by atoms with Crippen LogP contribution in [0.5, 0.6) is 0 Å². The number of pyridine rings is 1. The zero-order valence-electron chi connectivity index (χ0n) is 13.9. The highest BCUT2D eigenvalue weighted by atomic mass is 19.1. The third-order valence-corrected chi connectivity index (χ3v) is 4.30. The number of carbonyl (C=O) groups excluding carboxylic acids is 1. The Kier molecular flexibility index (Phi) is 5.85. The highest BCUT2D eigenvalue weighted by Gasteiger charge is 2.18. The first-order valence-electron chi connectivity index (χ1n) is 8.42. The SMILES string of the molecule is O=C(N/N=C/C1CCN(Cc2ccc(F)cc2)CC1)c1ccccn1. The van der Waals surface area contributed by atoms with Crippen LogP contribution in [0.4, 0.5) is 4.39 Å². The van der Waals surface area contributed by atoms with Crippen LogP contribution in [-0.2, 0) is 6.54 Å². The third kappa shape index (κ3) is 5.19. The van der Waals surface area contributed by atoms with Crippen molar-refractivity contribution < 1.29 is 9.18 Å². The van der Waals surface area contributed by atoms with E-state index in [1.807, 2.05) is 18.3 Å². The lowest BCUT2D eigenvalue weighted by atomic mass is 9.98. The van der Waals surface area contributed by atoms with Crippen LogP contribution in [-0.4, -0.2) is 35.1 Å². The molecule has 1 saturated heterocycles. The van der Waals surface area contributed by atoms with Crippen LogP contribution in [0.15, 0.2) is 53.8 Å². The highest BCUT2D eigenvalue weighted by Crippen LogP contribution is 2.17. The lowest BCUT2D eigenvalue weighted by molar-refractivity contribution is 0.0949. The van der Waals surface area contributed by atoms with E-state index in [1.54, 1.807) is 24.4 Å². The molecular weight excluding hydrogens is 319 g/mol. The molecule has 0 radical (unpaired) electrons. The highest BCUT2D eigenvalue weighted by molar-refractivity contribution is 5.92. The number of rotatable bonds is 5. The summed E-state index contributed by atoms with van der Waals surface area (Å²) in [7, 11) is 0. The van der Waals surface area contributed by atoms with Crippen molar-refractivity contribution in [3.05, 3.63) is 65.7 Å². The van der Waals surface area contributed by atoms with E-state index in [9.17, 15) is 9.18 Å². The number of hydrazone groups is 1. The monoisotopic (exact) mass is 340 g/mol. The Morgan fingerprint density at radius 3 is 2.68 bits per heavy atom. The van der Waals surface area contributed by atoms with Crippen molar-refractivity contribution in [1.82, 2.24) is 15.3 Å². The molecule has 0 atom stereocenters. The first-order valence-corrected chi connectivity index (χ1v) is 8.42. The fourth-order valence-electron chi connectivity index (χ4n) is 2.86. The lowest BCUT2D eigenvalue weighted by Gasteiger charge is -2.30. The van der Waals surface area contributed by atoms with E-state index < -0.39 is 0 Å². The van der Waals surface area contributed by atoms with Crippen molar-refractivity contribution >= 4 is 12.1 Å². The number of amides is 1. The van der Waals surface area contributed by atoms with Gasteiger partial charge in [-0.1, -0.05) is 18.2 Å². The van der Waals surface area contributed by atoms with E-state index in [2.05, 4.69) is 20.4 Å². The first kappa shape index (κ1) is 17.2. The molecule has 1 N–H and O–H groups in total. The number of benzene rings is 1. The van der Waals surface area contributed by atoms with Gasteiger partial charge in [0.05, 0.1) is 0 Å². The molecule has 25 heavy (non-hydrogen) atoms. The molecule has 0 bridgehead atoms. The van der Waals surface area contributed by atoms with Crippen LogP contribution in [0, 0.1) is 11.7 Å². The van der Waals surface area contributed by atoms with E-state index in [1.165, 1.54) is 12.1 Å². The predicted octanol–water partition coefficient (Wildman–Crippen LogP) is 2.85. The van der Waals surface area contributed by atoms with Crippen LogP contribution in [0.3, 0.4) is 0 Å². The maximum Gasteiger partial charge on any atom is 0.289 e. The van der Waals surface area contributed by atoms with E-state index in [4.69, 9.17) is 0 Å². The number of halogens is 1. The maximum absolute atomic E-state index is 12.9. The van der Waals surface area contributed by atoms with Gasteiger partial charge in [-0.2, -0.15) is 5.10 Å².